The number of benzene rings is 1. The molecule has 1 atom stereocenters. The minimum atomic E-state index is 0.150. The van der Waals surface area contributed by atoms with Gasteiger partial charge in [-0.25, -0.2) is 0 Å². The van der Waals surface area contributed by atoms with Crippen LogP contribution in [0.15, 0.2) is 18.2 Å². The van der Waals surface area contributed by atoms with Crippen LogP contribution in [0, 0.1) is 0 Å². The number of hydrogen-bond acceptors (Lipinski definition) is 4. The minimum absolute atomic E-state index is 0.150. The maximum Gasteiger partial charge on any atom is 0.172 e. The van der Waals surface area contributed by atoms with Gasteiger partial charge in [0.25, 0.3) is 0 Å². The number of carbonyl (C=O) groups is 1. The van der Waals surface area contributed by atoms with Gasteiger partial charge in [0.15, 0.2) is 17.3 Å². The summed E-state index contributed by atoms with van der Waals surface area (Å²) < 4.78 is 10.9. The molecule has 0 bridgehead atoms. The Morgan fingerprint density at radius 1 is 1.33 bits per heavy atom. The van der Waals surface area contributed by atoms with E-state index in [0.29, 0.717) is 35.5 Å². The number of rotatable bonds is 5. The van der Waals surface area contributed by atoms with E-state index in [1.54, 1.807) is 17.8 Å². The smallest absolute Gasteiger partial charge is 0.172 e. The Kier molecular flexibility index (Phi) is 4.53. The van der Waals surface area contributed by atoms with E-state index in [9.17, 15) is 4.79 Å². The van der Waals surface area contributed by atoms with Gasteiger partial charge >= 0.3 is 0 Å². The lowest BCUT2D eigenvalue weighted by molar-refractivity contribution is 0.102. The molecular formula is C14H18O3S. The second-order valence-corrected chi connectivity index (χ2v) is 5.74. The molecule has 0 radical (unpaired) electrons. The SMILES string of the molecule is CC[C@@H](C)SCC(=O)c1ccc2c(c1)OCCO2. The fraction of sp³-hybridized carbons (Fsp3) is 0.500. The third-order valence-electron chi connectivity index (χ3n) is 2.94. The summed E-state index contributed by atoms with van der Waals surface area (Å²) in [5, 5.41) is 0.520. The van der Waals surface area contributed by atoms with Crippen LogP contribution in [0.4, 0.5) is 0 Å². The summed E-state index contributed by atoms with van der Waals surface area (Å²) in [6.45, 7) is 5.39. The summed E-state index contributed by atoms with van der Waals surface area (Å²) >= 11 is 1.70. The quantitative estimate of drug-likeness (QED) is 0.767. The largest absolute Gasteiger partial charge is 0.486 e. The van der Waals surface area contributed by atoms with Crippen LogP contribution in [0.5, 0.6) is 11.5 Å². The molecule has 1 aromatic carbocycles. The fourth-order valence-electron chi connectivity index (χ4n) is 1.64. The molecule has 1 heterocycles. The average Bonchev–Trinajstić information content (AvgIpc) is 2.43. The first-order chi connectivity index (χ1) is 8.70. The molecule has 1 aliphatic heterocycles. The van der Waals surface area contributed by atoms with Crippen LogP contribution in [0.2, 0.25) is 0 Å². The first kappa shape index (κ1) is 13.3. The Labute approximate surface area is 112 Å². The van der Waals surface area contributed by atoms with E-state index in [2.05, 4.69) is 13.8 Å². The molecule has 0 saturated carbocycles. The molecule has 0 spiro atoms. The summed E-state index contributed by atoms with van der Waals surface area (Å²) in [6.07, 6.45) is 1.08. The van der Waals surface area contributed by atoms with Crippen LogP contribution in [0.1, 0.15) is 30.6 Å². The summed E-state index contributed by atoms with van der Waals surface area (Å²) in [7, 11) is 0. The molecule has 0 saturated heterocycles. The normalized spacial score (nSPS) is 15.2. The number of ketones is 1. The Morgan fingerprint density at radius 2 is 2.06 bits per heavy atom. The predicted molar refractivity (Wildman–Crippen MR) is 74.0 cm³/mol. The Balaban J connectivity index is 2.02. The molecule has 0 aromatic heterocycles. The van der Waals surface area contributed by atoms with E-state index in [-0.39, 0.29) is 5.78 Å². The number of hydrogen-bond donors (Lipinski definition) is 0. The van der Waals surface area contributed by atoms with Crippen molar-refractivity contribution in [2.45, 2.75) is 25.5 Å². The maximum atomic E-state index is 12.0. The van der Waals surface area contributed by atoms with Gasteiger partial charge in [-0.15, -0.1) is 0 Å². The molecule has 3 nitrogen and oxygen atoms in total. The lowest BCUT2D eigenvalue weighted by Crippen LogP contribution is -2.16. The zero-order chi connectivity index (χ0) is 13.0. The van der Waals surface area contributed by atoms with Crippen molar-refractivity contribution in [1.29, 1.82) is 0 Å². The first-order valence-electron chi connectivity index (χ1n) is 6.25. The Hall–Kier alpha value is -1.16. The molecule has 4 heteroatoms. The van der Waals surface area contributed by atoms with E-state index < -0.39 is 0 Å². The van der Waals surface area contributed by atoms with Crippen molar-refractivity contribution in [2.24, 2.45) is 0 Å². The highest BCUT2D eigenvalue weighted by molar-refractivity contribution is 8.00. The van der Waals surface area contributed by atoms with Gasteiger partial charge in [-0.2, -0.15) is 11.8 Å². The van der Waals surface area contributed by atoms with Gasteiger partial charge in [0.1, 0.15) is 13.2 Å². The number of Topliss-reactive ketones (excluding diaryl/α,β-unsaturated/α-hetero) is 1. The fourth-order valence-corrected chi connectivity index (χ4v) is 2.47. The van der Waals surface area contributed by atoms with Gasteiger partial charge in [0, 0.05) is 10.8 Å². The highest BCUT2D eigenvalue weighted by Crippen LogP contribution is 2.31. The topological polar surface area (TPSA) is 35.5 Å². The van der Waals surface area contributed by atoms with Crippen LogP contribution in [-0.2, 0) is 0 Å². The van der Waals surface area contributed by atoms with E-state index in [4.69, 9.17) is 9.47 Å². The molecular weight excluding hydrogens is 248 g/mol. The lowest BCUT2D eigenvalue weighted by Gasteiger charge is -2.18. The molecule has 0 fully saturated rings. The third kappa shape index (κ3) is 3.19. The van der Waals surface area contributed by atoms with Crippen molar-refractivity contribution >= 4 is 17.5 Å². The van der Waals surface area contributed by atoms with Crippen molar-refractivity contribution in [3.63, 3.8) is 0 Å². The third-order valence-corrected chi connectivity index (χ3v) is 4.27. The Morgan fingerprint density at radius 3 is 2.78 bits per heavy atom. The second kappa shape index (κ2) is 6.14. The van der Waals surface area contributed by atoms with Crippen molar-refractivity contribution < 1.29 is 14.3 Å². The van der Waals surface area contributed by atoms with E-state index in [0.717, 1.165) is 12.2 Å². The lowest BCUT2D eigenvalue weighted by atomic mass is 10.1. The number of carbonyl (C=O) groups excluding carboxylic acids is 1. The van der Waals surface area contributed by atoms with Crippen LogP contribution >= 0.6 is 11.8 Å². The first-order valence-corrected chi connectivity index (χ1v) is 7.30. The molecule has 0 aliphatic carbocycles. The van der Waals surface area contributed by atoms with Gasteiger partial charge in [-0.1, -0.05) is 13.8 Å². The monoisotopic (exact) mass is 266 g/mol. The highest BCUT2D eigenvalue weighted by Gasteiger charge is 2.15. The van der Waals surface area contributed by atoms with Gasteiger partial charge in [0.05, 0.1) is 5.75 Å². The molecule has 18 heavy (non-hydrogen) atoms. The van der Waals surface area contributed by atoms with Crippen molar-refractivity contribution in [2.75, 3.05) is 19.0 Å². The van der Waals surface area contributed by atoms with Crippen LogP contribution in [-0.4, -0.2) is 30.0 Å². The molecule has 0 amide bonds. The van der Waals surface area contributed by atoms with E-state index >= 15 is 0 Å². The van der Waals surface area contributed by atoms with Crippen molar-refractivity contribution in [1.82, 2.24) is 0 Å². The highest BCUT2D eigenvalue weighted by atomic mass is 32.2. The molecule has 2 rings (SSSR count). The van der Waals surface area contributed by atoms with E-state index in [1.807, 2.05) is 12.1 Å². The molecule has 98 valence electrons. The molecule has 0 N–H and O–H groups in total. The van der Waals surface area contributed by atoms with Crippen molar-refractivity contribution in [3.05, 3.63) is 23.8 Å². The molecule has 0 unspecified atom stereocenters. The summed E-state index contributed by atoms with van der Waals surface area (Å²) in [4.78, 5) is 12.0. The maximum absolute atomic E-state index is 12.0. The van der Waals surface area contributed by atoms with Gasteiger partial charge < -0.3 is 9.47 Å². The van der Waals surface area contributed by atoms with E-state index in [1.165, 1.54) is 0 Å². The van der Waals surface area contributed by atoms with Crippen LogP contribution in [0.25, 0.3) is 0 Å². The predicted octanol–water partition coefficient (Wildman–Crippen LogP) is 3.17. The molecule has 1 aliphatic rings. The Bertz CT molecular complexity index is 431. The average molecular weight is 266 g/mol. The summed E-state index contributed by atoms with van der Waals surface area (Å²) in [5.74, 6) is 2.08. The summed E-state index contributed by atoms with van der Waals surface area (Å²) in [5.41, 5.74) is 0.704. The zero-order valence-electron chi connectivity index (χ0n) is 10.8. The minimum Gasteiger partial charge on any atom is -0.486 e. The summed E-state index contributed by atoms with van der Waals surface area (Å²) in [6, 6.07) is 5.41. The standard InChI is InChI=1S/C14H18O3S/c1-3-10(2)18-9-12(15)11-4-5-13-14(8-11)17-7-6-16-13/h4-5,8,10H,3,6-7,9H2,1-2H3/t10-/m1/s1. The van der Waals surface area contributed by atoms with Gasteiger partial charge in [-0.3, -0.25) is 4.79 Å². The zero-order valence-corrected chi connectivity index (χ0v) is 11.6. The van der Waals surface area contributed by atoms with Crippen LogP contribution < -0.4 is 9.47 Å². The van der Waals surface area contributed by atoms with Gasteiger partial charge in [0.2, 0.25) is 0 Å². The van der Waals surface area contributed by atoms with Crippen LogP contribution in [0.3, 0.4) is 0 Å². The molecule has 1 aromatic rings. The number of fused-ring (bicyclic) bond motifs is 1. The van der Waals surface area contributed by atoms with Crippen molar-refractivity contribution in [3.8, 4) is 11.5 Å². The second-order valence-electron chi connectivity index (χ2n) is 4.31. The van der Waals surface area contributed by atoms with Gasteiger partial charge in [-0.05, 0) is 24.6 Å². The number of thioether (sulfide) groups is 1. The number of ether oxygens (including phenoxy) is 2.